The fourth-order valence-corrected chi connectivity index (χ4v) is 2.56. The van der Waals surface area contributed by atoms with Crippen LogP contribution in [0.3, 0.4) is 0 Å². The maximum atomic E-state index is 5.67. The van der Waals surface area contributed by atoms with Gasteiger partial charge in [0.2, 0.25) is 0 Å². The van der Waals surface area contributed by atoms with E-state index in [1.54, 1.807) is 18.9 Å². The Kier molecular flexibility index (Phi) is 4.23. The van der Waals surface area contributed by atoms with Crippen molar-refractivity contribution >= 4 is 11.8 Å². The molecule has 0 unspecified atom stereocenters. The molecule has 0 radical (unpaired) electrons. The maximum Gasteiger partial charge on any atom is 0.118 e. The van der Waals surface area contributed by atoms with Crippen LogP contribution in [0.1, 0.15) is 11.3 Å². The minimum Gasteiger partial charge on any atom is -0.497 e. The number of aryl methyl sites for hydroxylation is 1. The van der Waals surface area contributed by atoms with Crippen molar-refractivity contribution < 1.29 is 4.74 Å². The minimum atomic E-state index is 0.541. The van der Waals surface area contributed by atoms with Crippen LogP contribution in [0, 0.1) is 6.92 Å². The second-order valence-corrected chi connectivity index (χ2v) is 5.03. The van der Waals surface area contributed by atoms with E-state index in [0.29, 0.717) is 6.54 Å². The molecule has 0 saturated heterocycles. The van der Waals surface area contributed by atoms with E-state index in [-0.39, 0.29) is 0 Å². The van der Waals surface area contributed by atoms with Gasteiger partial charge in [-0.2, -0.15) is 0 Å². The van der Waals surface area contributed by atoms with Crippen molar-refractivity contribution in [3.05, 3.63) is 47.7 Å². The zero-order chi connectivity index (χ0) is 13.0. The van der Waals surface area contributed by atoms with Crippen molar-refractivity contribution in [3.8, 4) is 5.75 Å². The molecule has 0 aliphatic heterocycles. The number of nitrogens with two attached hydrogens (primary N) is 1. The fourth-order valence-electron chi connectivity index (χ4n) is 1.64. The first-order valence-corrected chi connectivity index (χ1v) is 6.52. The molecule has 0 fully saturated rings. The topological polar surface area (TPSA) is 48.1 Å². The van der Waals surface area contributed by atoms with Gasteiger partial charge in [0.25, 0.3) is 0 Å². The van der Waals surface area contributed by atoms with E-state index in [2.05, 4.69) is 4.98 Å². The SMILES string of the molecule is COc1ccc(Sc2cc(CN)cc(C)n2)cc1. The summed E-state index contributed by atoms with van der Waals surface area (Å²) >= 11 is 1.63. The van der Waals surface area contributed by atoms with E-state index in [0.717, 1.165) is 26.9 Å². The zero-order valence-corrected chi connectivity index (χ0v) is 11.3. The monoisotopic (exact) mass is 260 g/mol. The first-order valence-electron chi connectivity index (χ1n) is 5.71. The van der Waals surface area contributed by atoms with Crippen molar-refractivity contribution in [2.24, 2.45) is 5.73 Å². The minimum absolute atomic E-state index is 0.541. The van der Waals surface area contributed by atoms with E-state index >= 15 is 0 Å². The van der Waals surface area contributed by atoms with Gasteiger partial charge in [-0.1, -0.05) is 11.8 Å². The summed E-state index contributed by atoms with van der Waals surface area (Å²) in [5.41, 5.74) is 7.77. The summed E-state index contributed by atoms with van der Waals surface area (Å²) < 4.78 is 5.13. The highest BCUT2D eigenvalue weighted by Gasteiger charge is 2.02. The summed E-state index contributed by atoms with van der Waals surface area (Å²) in [7, 11) is 1.66. The van der Waals surface area contributed by atoms with Gasteiger partial charge in [0.1, 0.15) is 10.8 Å². The number of ether oxygens (including phenoxy) is 1. The predicted molar refractivity (Wildman–Crippen MR) is 74.0 cm³/mol. The predicted octanol–water partition coefficient (Wildman–Crippen LogP) is 3.01. The molecule has 94 valence electrons. The molecule has 0 atom stereocenters. The average Bonchev–Trinajstić information content (AvgIpc) is 2.39. The summed E-state index contributed by atoms with van der Waals surface area (Å²) in [6.07, 6.45) is 0. The number of rotatable bonds is 4. The van der Waals surface area contributed by atoms with Gasteiger partial charge in [-0.15, -0.1) is 0 Å². The van der Waals surface area contributed by atoms with Crippen LogP contribution in [0.25, 0.3) is 0 Å². The number of aromatic nitrogens is 1. The molecule has 2 N–H and O–H groups in total. The molecule has 0 spiro atoms. The van der Waals surface area contributed by atoms with Gasteiger partial charge in [0.15, 0.2) is 0 Å². The third kappa shape index (κ3) is 3.24. The van der Waals surface area contributed by atoms with E-state index in [1.807, 2.05) is 43.3 Å². The van der Waals surface area contributed by atoms with Crippen LogP contribution >= 0.6 is 11.8 Å². The van der Waals surface area contributed by atoms with Crippen LogP contribution in [0.15, 0.2) is 46.3 Å². The molecule has 0 aliphatic rings. The molecule has 0 saturated carbocycles. The Morgan fingerprint density at radius 2 is 1.94 bits per heavy atom. The summed E-state index contributed by atoms with van der Waals surface area (Å²) in [5.74, 6) is 0.860. The van der Waals surface area contributed by atoms with E-state index < -0.39 is 0 Å². The molecule has 4 heteroatoms. The van der Waals surface area contributed by atoms with Crippen LogP contribution < -0.4 is 10.5 Å². The van der Waals surface area contributed by atoms with E-state index in [9.17, 15) is 0 Å². The van der Waals surface area contributed by atoms with Crippen LogP contribution in [0.4, 0.5) is 0 Å². The lowest BCUT2D eigenvalue weighted by atomic mass is 10.2. The van der Waals surface area contributed by atoms with Crippen LogP contribution in [0.5, 0.6) is 5.75 Å². The van der Waals surface area contributed by atoms with Crippen LogP contribution in [-0.4, -0.2) is 12.1 Å². The van der Waals surface area contributed by atoms with Gasteiger partial charge in [-0.3, -0.25) is 0 Å². The highest BCUT2D eigenvalue weighted by molar-refractivity contribution is 7.99. The number of methoxy groups -OCH3 is 1. The summed E-state index contributed by atoms with van der Waals surface area (Å²) in [4.78, 5) is 5.63. The van der Waals surface area contributed by atoms with Crippen LogP contribution in [0.2, 0.25) is 0 Å². The third-order valence-electron chi connectivity index (χ3n) is 2.51. The highest BCUT2D eigenvalue weighted by Crippen LogP contribution is 2.28. The lowest BCUT2D eigenvalue weighted by Crippen LogP contribution is -1.98. The Bertz CT molecular complexity index is 526. The van der Waals surface area contributed by atoms with Crippen LogP contribution in [-0.2, 0) is 6.54 Å². The Hall–Kier alpha value is -1.52. The normalized spacial score (nSPS) is 10.4. The Morgan fingerprint density at radius 1 is 1.22 bits per heavy atom. The van der Waals surface area contributed by atoms with Gasteiger partial charge < -0.3 is 10.5 Å². The van der Waals surface area contributed by atoms with Crippen molar-refractivity contribution in [2.45, 2.75) is 23.4 Å². The first-order chi connectivity index (χ1) is 8.71. The van der Waals surface area contributed by atoms with Gasteiger partial charge in [0, 0.05) is 17.1 Å². The summed E-state index contributed by atoms with van der Waals surface area (Å²) in [5, 5.41) is 0.973. The third-order valence-corrected chi connectivity index (χ3v) is 3.43. The number of pyridine rings is 1. The standard InChI is InChI=1S/C14H16N2OS/c1-10-7-11(9-15)8-14(16-10)18-13-5-3-12(17-2)4-6-13/h3-8H,9,15H2,1-2H3. The molecule has 3 nitrogen and oxygen atoms in total. The molecule has 0 amide bonds. The average molecular weight is 260 g/mol. The van der Waals surface area contributed by atoms with Crippen molar-refractivity contribution in [2.75, 3.05) is 7.11 Å². The second-order valence-electron chi connectivity index (χ2n) is 3.94. The molecular formula is C14H16N2OS. The number of nitrogens with zero attached hydrogens (tertiary/aromatic N) is 1. The van der Waals surface area contributed by atoms with Crippen molar-refractivity contribution in [1.82, 2.24) is 4.98 Å². The van der Waals surface area contributed by atoms with Gasteiger partial charge in [0.05, 0.1) is 7.11 Å². The largest absolute Gasteiger partial charge is 0.497 e. The molecule has 1 aromatic heterocycles. The first kappa shape index (κ1) is 12.9. The molecule has 2 aromatic rings. The van der Waals surface area contributed by atoms with Crippen molar-refractivity contribution in [1.29, 1.82) is 0 Å². The molecule has 1 aromatic carbocycles. The molecular weight excluding hydrogens is 244 g/mol. The number of hydrogen-bond acceptors (Lipinski definition) is 4. The molecule has 1 heterocycles. The van der Waals surface area contributed by atoms with Gasteiger partial charge in [-0.25, -0.2) is 4.98 Å². The Labute approximate surface area is 111 Å². The molecule has 0 bridgehead atoms. The lowest BCUT2D eigenvalue weighted by molar-refractivity contribution is 0.414. The Morgan fingerprint density at radius 3 is 2.56 bits per heavy atom. The highest BCUT2D eigenvalue weighted by atomic mass is 32.2. The quantitative estimate of drug-likeness (QED) is 0.918. The van der Waals surface area contributed by atoms with Gasteiger partial charge >= 0.3 is 0 Å². The second kappa shape index (κ2) is 5.89. The molecule has 0 aliphatic carbocycles. The molecule has 18 heavy (non-hydrogen) atoms. The van der Waals surface area contributed by atoms with E-state index in [1.165, 1.54) is 0 Å². The number of hydrogen-bond donors (Lipinski definition) is 1. The van der Waals surface area contributed by atoms with Crippen molar-refractivity contribution in [3.63, 3.8) is 0 Å². The Balaban J connectivity index is 2.19. The van der Waals surface area contributed by atoms with E-state index in [4.69, 9.17) is 10.5 Å². The zero-order valence-electron chi connectivity index (χ0n) is 10.5. The lowest BCUT2D eigenvalue weighted by Gasteiger charge is -2.06. The van der Waals surface area contributed by atoms with Gasteiger partial charge in [-0.05, 0) is 48.9 Å². The smallest absolute Gasteiger partial charge is 0.118 e. The number of benzene rings is 1. The maximum absolute atomic E-state index is 5.67. The molecule has 2 rings (SSSR count). The summed E-state index contributed by atoms with van der Waals surface area (Å²) in [6.45, 7) is 2.52. The summed E-state index contributed by atoms with van der Waals surface area (Å²) in [6, 6.07) is 12.0. The fraction of sp³-hybridized carbons (Fsp3) is 0.214.